The number of ether oxygens (including phenoxy) is 1. The Balaban J connectivity index is 2.37. The monoisotopic (exact) mass is 381 g/mol. The summed E-state index contributed by atoms with van der Waals surface area (Å²) in [4.78, 5) is 11.9. The molecule has 0 radical (unpaired) electrons. The van der Waals surface area contributed by atoms with E-state index in [0.29, 0.717) is 6.42 Å². The van der Waals surface area contributed by atoms with Crippen LogP contribution >= 0.6 is 35.7 Å². The van der Waals surface area contributed by atoms with E-state index in [1.165, 1.54) is 11.8 Å². The fraction of sp³-hybridized carbons (Fsp3) is 0.500. The number of carbonyl (C=O) groups is 1. The van der Waals surface area contributed by atoms with Gasteiger partial charge in [-0.15, -0.1) is 11.8 Å². The highest BCUT2D eigenvalue weighted by Crippen LogP contribution is 2.34. The van der Waals surface area contributed by atoms with Crippen LogP contribution in [-0.4, -0.2) is 20.0 Å². The Morgan fingerprint density at radius 3 is 2.71 bits per heavy atom. The Kier molecular flexibility index (Phi) is 10.1. The number of thioether (sulfide) groups is 2. The molecule has 1 unspecified atom stereocenters. The van der Waals surface area contributed by atoms with E-state index in [-0.39, 0.29) is 19.0 Å². The minimum atomic E-state index is -0.692. The van der Waals surface area contributed by atoms with Gasteiger partial charge in [0.2, 0.25) is 0 Å². The molecule has 1 aromatic carbocycles. The average Bonchev–Trinajstić information content (AvgIpc) is 2.59. The number of benzene rings is 1. The molecule has 0 amide bonds. The van der Waals surface area contributed by atoms with Crippen LogP contribution in [0.4, 0.5) is 0 Å². The van der Waals surface area contributed by atoms with E-state index < -0.39 is 4.75 Å². The van der Waals surface area contributed by atoms with Crippen LogP contribution in [0.25, 0.3) is 0 Å². The minimum absolute atomic E-state index is 0.214. The summed E-state index contributed by atoms with van der Waals surface area (Å²) >= 11 is 8.33. The largest absolute Gasteiger partial charge is 0.461 e. The second-order valence-electron chi connectivity index (χ2n) is 5.54. The molecule has 1 aromatic rings. The van der Waals surface area contributed by atoms with Crippen molar-refractivity contribution in [3.63, 3.8) is 0 Å². The zero-order chi connectivity index (χ0) is 17.8. The fourth-order valence-electron chi connectivity index (χ4n) is 1.79. The SMILES string of the molecule is CCCCSC(=S)SC(C)(C#N)CCC(=O)OCc1ccccc1. The Morgan fingerprint density at radius 1 is 1.38 bits per heavy atom. The average molecular weight is 382 g/mol. The van der Waals surface area contributed by atoms with E-state index >= 15 is 0 Å². The van der Waals surface area contributed by atoms with Crippen LogP contribution in [0, 0.1) is 11.3 Å². The number of carbonyl (C=O) groups excluding carboxylic acids is 1. The molecule has 3 nitrogen and oxygen atoms in total. The Bertz CT molecular complexity index is 571. The van der Waals surface area contributed by atoms with Gasteiger partial charge in [0.1, 0.15) is 14.9 Å². The molecule has 0 N–H and O–H groups in total. The summed E-state index contributed by atoms with van der Waals surface area (Å²) in [6.45, 7) is 4.23. The van der Waals surface area contributed by atoms with E-state index in [1.807, 2.05) is 37.3 Å². The van der Waals surface area contributed by atoms with E-state index in [1.54, 1.807) is 11.8 Å². The first kappa shape index (κ1) is 21.0. The van der Waals surface area contributed by atoms with Gasteiger partial charge in [-0.1, -0.05) is 67.7 Å². The van der Waals surface area contributed by atoms with Crippen LogP contribution in [0.5, 0.6) is 0 Å². The van der Waals surface area contributed by atoms with Gasteiger partial charge in [0.15, 0.2) is 0 Å². The Labute approximate surface area is 158 Å². The molecule has 0 aliphatic heterocycles. The molecule has 0 heterocycles. The lowest BCUT2D eigenvalue weighted by Crippen LogP contribution is -2.21. The number of thiocarbonyl (C=S) groups is 1. The van der Waals surface area contributed by atoms with Gasteiger partial charge in [-0.3, -0.25) is 4.79 Å². The van der Waals surface area contributed by atoms with Crippen molar-refractivity contribution in [1.82, 2.24) is 0 Å². The van der Waals surface area contributed by atoms with Crippen LogP contribution in [0.15, 0.2) is 30.3 Å². The molecule has 6 heteroatoms. The zero-order valence-corrected chi connectivity index (χ0v) is 16.6. The third kappa shape index (κ3) is 8.72. The van der Waals surface area contributed by atoms with Crippen molar-refractivity contribution in [2.45, 2.75) is 50.9 Å². The number of nitrogens with zero attached hydrogens (tertiary/aromatic N) is 1. The second-order valence-corrected chi connectivity index (χ2v) is 9.35. The normalized spacial score (nSPS) is 12.9. The lowest BCUT2D eigenvalue weighted by Gasteiger charge is -2.20. The number of nitriles is 1. The van der Waals surface area contributed by atoms with E-state index in [0.717, 1.165) is 27.7 Å². The maximum Gasteiger partial charge on any atom is 0.306 e. The summed E-state index contributed by atoms with van der Waals surface area (Å²) in [5.41, 5.74) is 0.955. The van der Waals surface area contributed by atoms with Gasteiger partial charge in [-0.2, -0.15) is 5.26 Å². The highest BCUT2D eigenvalue weighted by molar-refractivity contribution is 8.47. The van der Waals surface area contributed by atoms with Crippen molar-refractivity contribution in [3.8, 4) is 6.07 Å². The molecule has 1 rings (SSSR count). The van der Waals surface area contributed by atoms with Crippen LogP contribution in [0.1, 0.15) is 45.1 Å². The number of hydrogen-bond donors (Lipinski definition) is 0. The van der Waals surface area contributed by atoms with Gasteiger partial charge in [-0.25, -0.2) is 0 Å². The number of unbranched alkanes of at least 4 members (excludes halogenated alkanes) is 1. The Hall–Kier alpha value is -1.03. The van der Waals surface area contributed by atoms with Gasteiger partial charge >= 0.3 is 5.97 Å². The third-order valence-corrected chi connectivity index (χ3v) is 6.16. The van der Waals surface area contributed by atoms with Gasteiger partial charge < -0.3 is 4.74 Å². The predicted octanol–water partition coefficient (Wildman–Crippen LogP) is 5.34. The van der Waals surface area contributed by atoms with Gasteiger partial charge in [0.25, 0.3) is 0 Å². The lowest BCUT2D eigenvalue weighted by molar-refractivity contribution is -0.145. The zero-order valence-electron chi connectivity index (χ0n) is 14.1. The first-order valence-corrected chi connectivity index (χ1v) is 10.2. The smallest absolute Gasteiger partial charge is 0.306 e. The van der Waals surface area contributed by atoms with Crippen LogP contribution in [0.2, 0.25) is 0 Å². The molecule has 0 saturated carbocycles. The molecule has 0 aliphatic carbocycles. The molecule has 24 heavy (non-hydrogen) atoms. The van der Waals surface area contributed by atoms with Crippen molar-refractivity contribution in [2.24, 2.45) is 0 Å². The maximum absolute atomic E-state index is 11.9. The van der Waals surface area contributed by atoms with Crippen molar-refractivity contribution >= 4 is 45.2 Å². The topological polar surface area (TPSA) is 50.1 Å². The van der Waals surface area contributed by atoms with E-state index in [2.05, 4.69) is 13.0 Å². The van der Waals surface area contributed by atoms with Crippen molar-refractivity contribution in [2.75, 3.05) is 5.75 Å². The summed E-state index contributed by atoms with van der Waals surface area (Å²) in [7, 11) is 0. The van der Waals surface area contributed by atoms with E-state index in [4.69, 9.17) is 17.0 Å². The highest BCUT2D eigenvalue weighted by atomic mass is 32.2. The van der Waals surface area contributed by atoms with Crippen molar-refractivity contribution < 1.29 is 9.53 Å². The molecule has 0 aromatic heterocycles. The molecule has 0 spiro atoms. The first-order valence-electron chi connectivity index (χ1n) is 7.95. The molecule has 0 bridgehead atoms. The summed E-state index contributed by atoms with van der Waals surface area (Å²) in [5, 5.41) is 9.43. The fourth-order valence-corrected chi connectivity index (χ4v) is 4.85. The molecular formula is C18H23NO2S3. The molecule has 0 aliphatic rings. The van der Waals surface area contributed by atoms with Gasteiger partial charge in [-0.05, 0) is 31.1 Å². The van der Waals surface area contributed by atoms with Crippen LogP contribution < -0.4 is 0 Å². The summed E-state index contributed by atoms with van der Waals surface area (Å²) in [6, 6.07) is 11.8. The molecule has 0 saturated heterocycles. The highest BCUT2D eigenvalue weighted by Gasteiger charge is 2.28. The van der Waals surface area contributed by atoms with Crippen LogP contribution in [-0.2, 0) is 16.1 Å². The minimum Gasteiger partial charge on any atom is -0.461 e. The molecule has 0 fully saturated rings. The first-order chi connectivity index (χ1) is 11.5. The standard InChI is InChI=1S/C18H23NO2S3/c1-3-4-12-23-17(22)24-18(2,14-19)11-10-16(20)21-13-15-8-6-5-7-9-15/h5-9H,3-4,10-13H2,1-2H3. The number of esters is 1. The number of hydrogen-bond acceptors (Lipinski definition) is 6. The Morgan fingerprint density at radius 2 is 2.08 bits per heavy atom. The summed E-state index contributed by atoms with van der Waals surface area (Å²) in [5.74, 6) is 0.689. The molecule has 130 valence electrons. The van der Waals surface area contributed by atoms with Gasteiger partial charge in [0, 0.05) is 6.42 Å². The van der Waals surface area contributed by atoms with Crippen molar-refractivity contribution in [3.05, 3.63) is 35.9 Å². The predicted molar refractivity (Wildman–Crippen MR) is 107 cm³/mol. The van der Waals surface area contributed by atoms with Crippen molar-refractivity contribution in [1.29, 1.82) is 5.26 Å². The third-order valence-electron chi connectivity index (χ3n) is 3.31. The quantitative estimate of drug-likeness (QED) is 0.327. The number of rotatable bonds is 9. The molecule has 1 atom stereocenters. The second kappa shape index (κ2) is 11.5. The maximum atomic E-state index is 11.9. The van der Waals surface area contributed by atoms with Gasteiger partial charge in [0.05, 0.1) is 6.07 Å². The van der Waals surface area contributed by atoms with Crippen LogP contribution in [0.3, 0.4) is 0 Å². The summed E-state index contributed by atoms with van der Waals surface area (Å²) < 4.78 is 5.33. The molecular weight excluding hydrogens is 358 g/mol. The van der Waals surface area contributed by atoms with E-state index in [9.17, 15) is 10.1 Å². The lowest BCUT2D eigenvalue weighted by atomic mass is 10.1. The summed E-state index contributed by atoms with van der Waals surface area (Å²) in [6.07, 6.45) is 2.88.